The minimum absolute atomic E-state index is 0.197. The Labute approximate surface area is 175 Å². The van der Waals surface area contributed by atoms with Gasteiger partial charge in [0.15, 0.2) is 0 Å². The van der Waals surface area contributed by atoms with Gasteiger partial charge in [0.2, 0.25) is 0 Å². The van der Waals surface area contributed by atoms with Crippen molar-refractivity contribution >= 4 is 0 Å². The highest BCUT2D eigenvalue weighted by Crippen LogP contribution is 2.35. The molecule has 4 heteroatoms. The third kappa shape index (κ3) is 4.86. The second-order valence-electron chi connectivity index (χ2n) is 7.99. The molecular formula is C26H25F3O. The van der Waals surface area contributed by atoms with E-state index in [-0.39, 0.29) is 5.75 Å². The maximum atomic E-state index is 12.3. The van der Waals surface area contributed by atoms with Crippen LogP contribution in [-0.4, -0.2) is 6.36 Å². The Morgan fingerprint density at radius 1 is 0.867 bits per heavy atom. The van der Waals surface area contributed by atoms with Crippen LogP contribution < -0.4 is 4.74 Å². The molecule has 156 valence electrons. The van der Waals surface area contributed by atoms with E-state index in [4.69, 9.17) is 0 Å². The molecule has 1 aliphatic rings. The molecule has 0 N–H and O–H groups in total. The molecule has 4 rings (SSSR count). The molecule has 0 bridgehead atoms. The summed E-state index contributed by atoms with van der Waals surface area (Å²) < 4.78 is 41.0. The summed E-state index contributed by atoms with van der Waals surface area (Å²) in [6, 6.07) is 21.5. The molecule has 0 saturated carbocycles. The monoisotopic (exact) mass is 410 g/mol. The van der Waals surface area contributed by atoms with E-state index in [1.54, 1.807) is 12.1 Å². The van der Waals surface area contributed by atoms with Gasteiger partial charge in [0.25, 0.3) is 0 Å². The molecule has 1 aliphatic carbocycles. The van der Waals surface area contributed by atoms with Gasteiger partial charge in [-0.15, -0.1) is 13.2 Å². The first-order valence-corrected chi connectivity index (χ1v) is 10.5. The average Bonchev–Trinajstić information content (AvgIpc) is 2.73. The third-order valence-electron chi connectivity index (χ3n) is 5.85. The zero-order chi connectivity index (χ0) is 21.1. The highest BCUT2D eigenvalue weighted by molar-refractivity contribution is 5.66. The largest absolute Gasteiger partial charge is 0.573 e. The van der Waals surface area contributed by atoms with Gasteiger partial charge in [-0.3, -0.25) is 0 Å². The van der Waals surface area contributed by atoms with Gasteiger partial charge in [-0.2, -0.15) is 0 Å². The molecule has 0 radical (unpaired) electrons. The summed E-state index contributed by atoms with van der Waals surface area (Å²) in [4.78, 5) is 0. The van der Waals surface area contributed by atoms with Crippen LogP contribution in [0, 0.1) is 0 Å². The molecular weight excluding hydrogens is 385 g/mol. The van der Waals surface area contributed by atoms with Crippen LogP contribution in [0.5, 0.6) is 5.75 Å². The number of alkyl halides is 3. The molecule has 1 nitrogen and oxygen atoms in total. The highest BCUT2D eigenvalue weighted by atomic mass is 19.4. The molecule has 30 heavy (non-hydrogen) atoms. The van der Waals surface area contributed by atoms with Crippen molar-refractivity contribution < 1.29 is 17.9 Å². The van der Waals surface area contributed by atoms with Crippen molar-refractivity contribution in [3.63, 3.8) is 0 Å². The number of rotatable bonds is 5. The minimum Gasteiger partial charge on any atom is -0.406 e. The summed E-state index contributed by atoms with van der Waals surface area (Å²) >= 11 is 0. The molecule has 0 heterocycles. The fourth-order valence-corrected chi connectivity index (χ4v) is 4.31. The number of halogens is 3. The predicted molar refractivity (Wildman–Crippen MR) is 114 cm³/mol. The molecule has 0 spiro atoms. The molecule has 0 saturated heterocycles. The molecule has 1 atom stereocenters. The Morgan fingerprint density at radius 3 is 2.23 bits per heavy atom. The van der Waals surface area contributed by atoms with Crippen molar-refractivity contribution in [2.24, 2.45) is 0 Å². The fourth-order valence-electron chi connectivity index (χ4n) is 4.31. The fraction of sp³-hybridized carbons (Fsp3) is 0.308. The number of hydrogen-bond donors (Lipinski definition) is 0. The van der Waals surface area contributed by atoms with Gasteiger partial charge in [0, 0.05) is 0 Å². The predicted octanol–water partition coefficient (Wildman–Crippen LogP) is 7.48. The van der Waals surface area contributed by atoms with Gasteiger partial charge in [-0.25, -0.2) is 0 Å². The molecule has 0 aliphatic heterocycles. The average molecular weight is 410 g/mol. The van der Waals surface area contributed by atoms with Crippen LogP contribution in [0.3, 0.4) is 0 Å². The highest BCUT2D eigenvalue weighted by Gasteiger charge is 2.31. The maximum absolute atomic E-state index is 12.3. The summed E-state index contributed by atoms with van der Waals surface area (Å²) in [5.41, 5.74) is 7.42. The van der Waals surface area contributed by atoms with Crippen LogP contribution in [0.15, 0.2) is 66.7 Å². The molecule has 0 aromatic heterocycles. The van der Waals surface area contributed by atoms with Crippen molar-refractivity contribution in [1.29, 1.82) is 0 Å². The summed E-state index contributed by atoms with van der Waals surface area (Å²) in [5.74, 6) is 0.342. The van der Waals surface area contributed by atoms with Gasteiger partial charge >= 0.3 is 6.36 Å². The standard InChI is InChI=1S/C26H25F3O/c1-2-3-18-4-6-19(7-5-18)21-8-10-24-17-22(9-11-23(24)16-21)20-12-14-25(15-13-20)30-26(27,28)29/h4-7,9,11-15,17,21H,2-3,8,10,16H2,1H3. The van der Waals surface area contributed by atoms with Crippen LogP contribution in [-0.2, 0) is 19.3 Å². The topological polar surface area (TPSA) is 9.23 Å². The summed E-state index contributed by atoms with van der Waals surface area (Å²) in [5, 5.41) is 0. The van der Waals surface area contributed by atoms with Crippen molar-refractivity contribution in [3.8, 4) is 16.9 Å². The summed E-state index contributed by atoms with van der Waals surface area (Å²) in [6.45, 7) is 2.20. The SMILES string of the molecule is CCCc1ccc(C2CCc3cc(-c4ccc(OC(F)(F)F)cc4)ccc3C2)cc1. The van der Waals surface area contributed by atoms with Gasteiger partial charge in [0.1, 0.15) is 5.75 Å². The lowest BCUT2D eigenvalue weighted by Gasteiger charge is -2.26. The minimum atomic E-state index is -4.67. The molecule has 3 aromatic carbocycles. The van der Waals surface area contributed by atoms with Crippen molar-refractivity contribution in [1.82, 2.24) is 0 Å². The molecule has 1 unspecified atom stereocenters. The van der Waals surface area contributed by atoms with Gasteiger partial charge in [-0.05, 0) is 77.1 Å². The molecule has 0 fully saturated rings. The Morgan fingerprint density at radius 2 is 1.57 bits per heavy atom. The Bertz CT molecular complexity index is 988. The van der Waals surface area contributed by atoms with E-state index in [1.807, 2.05) is 0 Å². The second-order valence-corrected chi connectivity index (χ2v) is 7.99. The van der Waals surface area contributed by atoms with E-state index in [1.165, 1.54) is 34.4 Å². The Kier molecular flexibility index (Phi) is 5.85. The maximum Gasteiger partial charge on any atom is 0.573 e. The quantitative estimate of drug-likeness (QED) is 0.424. The van der Waals surface area contributed by atoms with E-state index in [2.05, 4.69) is 54.1 Å². The summed E-state index contributed by atoms with van der Waals surface area (Å²) in [7, 11) is 0. The number of hydrogen-bond acceptors (Lipinski definition) is 1. The normalized spacial score (nSPS) is 16.2. The molecule has 3 aromatic rings. The van der Waals surface area contributed by atoms with Crippen molar-refractivity contribution in [2.75, 3.05) is 0 Å². The van der Waals surface area contributed by atoms with Crippen LogP contribution in [0.4, 0.5) is 13.2 Å². The van der Waals surface area contributed by atoms with Gasteiger partial charge in [-0.1, -0.05) is 67.9 Å². The van der Waals surface area contributed by atoms with Crippen LogP contribution in [0.2, 0.25) is 0 Å². The van der Waals surface area contributed by atoms with Crippen molar-refractivity contribution in [3.05, 3.63) is 89.0 Å². The number of aryl methyl sites for hydroxylation is 2. The lowest BCUT2D eigenvalue weighted by Crippen LogP contribution is -2.16. The Hall–Kier alpha value is -2.75. The first-order chi connectivity index (χ1) is 14.4. The smallest absolute Gasteiger partial charge is 0.406 e. The van der Waals surface area contributed by atoms with E-state index in [0.717, 1.165) is 43.2 Å². The number of fused-ring (bicyclic) bond motifs is 1. The van der Waals surface area contributed by atoms with Crippen LogP contribution in [0.25, 0.3) is 11.1 Å². The second kappa shape index (κ2) is 8.55. The third-order valence-corrected chi connectivity index (χ3v) is 5.85. The zero-order valence-corrected chi connectivity index (χ0v) is 17.0. The first-order valence-electron chi connectivity index (χ1n) is 10.5. The zero-order valence-electron chi connectivity index (χ0n) is 17.0. The lowest BCUT2D eigenvalue weighted by molar-refractivity contribution is -0.274. The molecule has 0 amide bonds. The van der Waals surface area contributed by atoms with E-state index < -0.39 is 6.36 Å². The van der Waals surface area contributed by atoms with Gasteiger partial charge < -0.3 is 4.74 Å². The van der Waals surface area contributed by atoms with Crippen LogP contribution >= 0.6 is 0 Å². The van der Waals surface area contributed by atoms with Crippen molar-refractivity contribution in [2.45, 2.75) is 51.3 Å². The number of ether oxygens (including phenoxy) is 1. The number of benzene rings is 3. The van der Waals surface area contributed by atoms with E-state index >= 15 is 0 Å². The van der Waals surface area contributed by atoms with E-state index in [0.29, 0.717) is 5.92 Å². The summed E-state index contributed by atoms with van der Waals surface area (Å²) in [6.07, 6.45) is 0.777. The Balaban J connectivity index is 1.47. The van der Waals surface area contributed by atoms with Crippen LogP contribution in [0.1, 0.15) is 47.9 Å². The lowest BCUT2D eigenvalue weighted by atomic mass is 9.79. The first kappa shape index (κ1) is 20.5. The van der Waals surface area contributed by atoms with E-state index in [9.17, 15) is 13.2 Å². The van der Waals surface area contributed by atoms with Gasteiger partial charge in [0.05, 0.1) is 0 Å².